The number of rotatable bonds is 8. The van der Waals surface area contributed by atoms with Gasteiger partial charge in [0, 0.05) is 38.9 Å². The maximum absolute atomic E-state index is 12.5. The molecule has 3 aromatic rings. The first-order chi connectivity index (χ1) is 16.9. The van der Waals surface area contributed by atoms with Crippen LogP contribution in [0.15, 0.2) is 60.8 Å². The van der Waals surface area contributed by atoms with E-state index >= 15 is 0 Å². The van der Waals surface area contributed by atoms with E-state index < -0.39 is 0 Å². The lowest BCUT2D eigenvalue weighted by Crippen LogP contribution is -2.46. The molecule has 4 rings (SSSR count). The molecule has 0 amide bonds. The zero-order valence-corrected chi connectivity index (χ0v) is 21.2. The Morgan fingerprint density at radius 1 is 1.00 bits per heavy atom. The number of pyridine rings is 1. The monoisotopic (exact) mass is 473 g/mol. The Hall–Kier alpha value is -3.38. The van der Waals surface area contributed by atoms with Crippen LogP contribution < -0.4 is 9.64 Å². The third-order valence-electron chi connectivity index (χ3n) is 6.22. The minimum absolute atomic E-state index is 0.159. The molecule has 1 fully saturated rings. The van der Waals surface area contributed by atoms with Gasteiger partial charge in [0.05, 0.1) is 6.10 Å². The van der Waals surface area contributed by atoms with Crippen LogP contribution in [0.2, 0.25) is 0 Å². The summed E-state index contributed by atoms with van der Waals surface area (Å²) in [5.41, 5.74) is 5.50. The molecule has 0 spiro atoms. The van der Waals surface area contributed by atoms with E-state index in [9.17, 15) is 4.79 Å². The van der Waals surface area contributed by atoms with Crippen molar-refractivity contribution in [1.29, 1.82) is 0 Å². The Morgan fingerprint density at radius 3 is 2.54 bits per heavy atom. The van der Waals surface area contributed by atoms with Crippen LogP contribution in [0, 0.1) is 13.8 Å². The van der Waals surface area contributed by atoms with Crippen molar-refractivity contribution < 1.29 is 14.3 Å². The summed E-state index contributed by atoms with van der Waals surface area (Å²) in [4.78, 5) is 21.6. The highest BCUT2D eigenvalue weighted by Crippen LogP contribution is 2.22. The van der Waals surface area contributed by atoms with Gasteiger partial charge < -0.3 is 14.4 Å². The van der Waals surface area contributed by atoms with Crippen molar-refractivity contribution >= 4 is 11.8 Å². The molecule has 0 aliphatic carbocycles. The van der Waals surface area contributed by atoms with E-state index in [4.69, 9.17) is 9.47 Å². The Balaban J connectivity index is 1.33. The molecule has 1 saturated heterocycles. The van der Waals surface area contributed by atoms with Gasteiger partial charge in [-0.1, -0.05) is 35.9 Å². The van der Waals surface area contributed by atoms with Gasteiger partial charge in [-0.2, -0.15) is 0 Å². The molecule has 2 aromatic carbocycles. The highest BCUT2D eigenvalue weighted by Gasteiger charge is 2.23. The molecule has 0 bridgehead atoms. The number of esters is 1. The molecule has 1 aromatic heterocycles. The number of nitrogens with zero attached hydrogens (tertiary/aromatic N) is 3. The summed E-state index contributed by atoms with van der Waals surface area (Å²) in [6.45, 7) is 12.8. The fourth-order valence-corrected chi connectivity index (χ4v) is 4.36. The highest BCUT2D eigenvalue weighted by molar-refractivity contribution is 5.94. The SMILES string of the molecule is Cc1ccc(COc2cccc(CN3CCN(c4ncccc4C(=O)OC(C)C)CC3)c2)c(C)c1. The Kier molecular flexibility index (Phi) is 8.03. The molecule has 184 valence electrons. The van der Waals surface area contributed by atoms with E-state index in [0.717, 1.165) is 38.5 Å². The molecule has 2 heterocycles. The smallest absolute Gasteiger partial charge is 0.342 e. The Morgan fingerprint density at radius 2 is 1.80 bits per heavy atom. The van der Waals surface area contributed by atoms with Crippen LogP contribution in [0.4, 0.5) is 5.82 Å². The van der Waals surface area contributed by atoms with Gasteiger partial charge in [-0.15, -0.1) is 0 Å². The standard InChI is InChI=1S/C29H35N3O3/c1-21(2)35-29(33)27-9-6-12-30-28(27)32-15-13-31(14-16-32)19-24-7-5-8-26(18-24)34-20-25-11-10-22(3)17-23(25)4/h5-12,17-18,21H,13-16,19-20H2,1-4H3. The lowest BCUT2D eigenvalue weighted by atomic mass is 10.1. The van der Waals surface area contributed by atoms with E-state index in [1.54, 1.807) is 18.3 Å². The van der Waals surface area contributed by atoms with Crippen molar-refractivity contribution in [2.45, 2.75) is 47.0 Å². The number of hydrogen-bond donors (Lipinski definition) is 0. The minimum Gasteiger partial charge on any atom is -0.489 e. The molecule has 0 saturated carbocycles. The van der Waals surface area contributed by atoms with Crippen LogP contribution >= 0.6 is 0 Å². The summed E-state index contributed by atoms with van der Waals surface area (Å²) in [6.07, 6.45) is 1.57. The van der Waals surface area contributed by atoms with Crippen molar-refractivity contribution in [3.05, 3.63) is 88.6 Å². The third kappa shape index (κ3) is 6.61. The van der Waals surface area contributed by atoms with E-state index in [1.165, 1.54) is 22.3 Å². The quantitative estimate of drug-likeness (QED) is 0.421. The molecule has 6 heteroatoms. The van der Waals surface area contributed by atoms with Crippen molar-refractivity contribution in [3.8, 4) is 5.75 Å². The molecule has 0 N–H and O–H groups in total. The van der Waals surface area contributed by atoms with Crippen LogP contribution in [0.3, 0.4) is 0 Å². The molecule has 0 radical (unpaired) electrons. The van der Waals surface area contributed by atoms with E-state index in [-0.39, 0.29) is 12.1 Å². The first-order valence-corrected chi connectivity index (χ1v) is 12.3. The predicted molar refractivity (Wildman–Crippen MR) is 139 cm³/mol. The van der Waals surface area contributed by atoms with Gasteiger partial charge in [0.2, 0.25) is 0 Å². The summed E-state index contributed by atoms with van der Waals surface area (Å²) in [5, 5.41) is 0. The molecule has 35 heavy (non-hydrogen) atoms. The lowest BCUT2D eigenvalue weighted by molar-refractivity contribution is 0.0378. The minimum atomic E-state index is -0.317. The number of hydrogen-bond acceptors (Lipinski definition) is 6. The summed E-state index contributed by atoms with van der Waals surface area (Å²) in [5.74, 6) is 1.28. The van der Waals surface area contributed by atoms with Gasteiger partial charge in [-0.25, -0.2) is 9.78 Å². The Bertz CT molecular complexity index is 1150. The molecule has 0 unspecified atom stereocenters. The maximum atomic E-state index is 12.5. The van der Waals surface area contributed by atoms with Gasteiger partial charge in [0.1, 0.15) is 23.7 Å². The van der Waals surface area contributed by atoms with Crippen molar-refractivity contribution in [1.82, 2.24) is 9.88 Å². The summed E-state index contributed by atoms with van der Waals surface area (Å²) in [7, 11) is 0. The van der Waals surface area contributed by atoms with E-state index in [2.05, 4.69) is 65.0 Å². The van der Waals surface area contributed by atoms with Crippen molar-refractivity contribution in [2.75, 3.05) is 31.1 Å². The first-order valence-electron chi connectivity index (χ1n) is 12.3. The number of carbonyl (C=O) groups excluding carboxylic acids is 1. The average molecular weight is 474 g/mol. The third-order valence-corrected chi connectivity index (χ3v) is 6.22. The molecular weight excluding hydrogens is 438 g/mol. The molecule has 0 atom stereocenters. The summed E-state index contributed by atoms with van der Waals surface area (Å²) < 4.78 is 11.5. The number of aromatic nitrogens is 1. The second-order valence-corrected chi connectivity index (χ2v) is 9.46. The second kappa shape index (κ2) is 11.4. The largest absolute Gasteiger partial charge is 0.489 e. The van der Waals surface area contributed by atoms with Gasteiger partial charge in [-0.05, 0) is 68.7 Å². The van der Waals surface area contributed by atoms with E-state index in [0.29, 0.717) is 18.0 Å². The fourth-order valence-electron chi connectivity index (χ4n) is 4.36. The zero-order valence-electron chi connectivity index (χ0n) is 21.2. The van der Waals surface area contributed by atoms with E-state index in [1.807, 2.05) is 19.9 Å². The lowest BCUT2D eigenvalue weighted by Gasteiger charge is -2.36. The number of ether oxygens (including phenoxy) is 2. The van der Waals surface area contributed by atoms with Gasteiger partial charge in [0.25, 0.3) is 0 Å². The fraction of sp³-hybridized carbons (Fsp3) is 0.379. The summed E-state index contributed by atoms with van der Waals surface area (Å²) >= 11 is 0. The van der Waals surface area contributed by atoms with Crippen molar-refractivity contribution in [2.24, 2.45) is 0 Å². The molecule has 1 aliphatic heterocycles. The maximum Gasteiger partial charge on any atom is 0.342 e. The molecule has 1 aliphatic rings. The number of carbonyl (C=O) groups is 1. The number of aryl methyl sites for hydroxylation is 2. The van der Waals surface area contributed by atoms with Crippen LogP contribution in [-0.2, 0) is 17.9 Å². The van der Waals surface area contributed by atoms with Crippen molar-refractivity contribution in [3.63, 3.8) is 0 Å². The Labute approximate surface area is 208 Å². The normalized spacial score (nSPS) is 14.3. The number of benzene rings is 2. The highest BCUT2D eigenvalue weighted by atomic mass is 16.5. The van der Waals surface area contributed by atoms with Gasteiger partial charge >= 0.3 is 5.97 Å². The number of anilines is 1. The number of piperazine rings is 1. The first kappa shape index (κ1) is 24.7. The van der Waals surface area contributed by atoms with Crippen LogP contribution in [-0.4, -0.2) is 48.1 Å². The zero-order chi connectivity index (χ0) is 24.8. The van der Waals surface area contributed by atoms with Gasteiger partial charge in [0.15, 0.2) is 0 Å². The average Bonchev–Trinajstić information content (AvgIpc) is 2.84. The topological polar surface area (TPSA) is 54.9 Å². The van der Waals surface area contributed by atoms with Gasteiger partial charge in [-0.3, -0.25) is 4.90 Å². The second-order valence-electron chi connectivity index (χ2n) is 9.46. The summed E-state index contributed by atoms with van der Waals surface area (Å²) in [6, 6.07) is 18.4. The molecule has 6 nitrogen and oxygen atoms in total. The predicted octanol–water partition coefficient (Wildman–Crippen LogP) is 5.16. The van der Waals surface area contributed by atoms with Crippen LogP contribution in [0.5, 0.6) is 5.75 Å². The molecular formula is C29H35N3O3. The van der Waals surface area contributed by atoms with Crippen LogP contribution in [0.1, 0.15) is 46.5 Å². The van der Waals surface area contributed by atoms with Crippen LogP contribution in [0.25, 0.3) is 0 Å².